The summed E-state index contributed by atoms with van der Waals surface area (Å²) in [5.41, 5.74) is 1.25. The van der Waals surface area contributed by atoms with Gasteiger partial charge in [-0.15, -0.1) is 0 Å². The number of phenolic OH excluding ortho intramolecular Hbond substituents is 1. The Morgan fingerprint density at radius 1 is 1.08 bits per heavy atom. The van der Waals surface area contributed by atoms with Crippen molar-refractivity contribution >= 4 is 16.9 Å². The van der Waals surface area contributed by atoms with E-state index in [1.165, 1.54) is 6.07 Å². The summed E-state index contributed by atoms with van der Waals surface area (Å²) in [5.74, 6) is -0.148. The molecule has 0 bridgehead atoms. The predicted octanol–water partition coefficient (Wildman–Crippen LogP) is 2.86. The van der Waals surface area contributed by atoms with Crippen LogP contribution >= 0.6 is 0 Å². The highest BCUT2D eigenvalue weighted by Gasteiger charge is 2.11. The normalized spacial score (nSPS) is 10.7. The number of phenols is 1. The largest absolute Gasteiger partial charge is 0.508 e. The summed E-state index contributed by atoms with van der Waals surface area (Å²) in [5, 5.41) is 12.4. The summed E-state index contributed by atoms with van der Waals surface area (Å²) in [6.45, 7) is 0.468. The third-order valence-electron chi connectivity index (χ3n) is 3.72. The van der Waals surface area contributed by atoms with E-state index in [9.17, 15) is 14.7 Å². The van der Waals surface area contributed by atoms with Crippen molar-refractivity contribution in [3.8, 4) is 5.75 Å². The van der Waals surface area contributed by atoms with Crippen molar-refractivity contribution < 1.29 is 14.3 Å². The molecule has 0 aliphatic heterocycles. The molecule has 0 aliphatic rings. The van der Waals surface area contributed by atoms with Crippen LogP contribution in [0.3, 0.4) is 0 Å². The van der Waals surface area contributed by atoms with Crippen molar-refractivity contribution in [1.82, 2.24) is 5.32 Å². The minimum absolute atomic E-state index is 0.0170. The summed E-state index contributed by atoms with van der Waals surface area (Å²) < 4.78 is 5.49. The molecule has 0 unspecified atom stereocenters. The molecule has 2 aromatic carbocycles. The van der Waals surface area contributed by atoms with Crippen LogP contribution in [0.4, 0.5) is 0 Å². The summed E-state index contributed by atoms with van der Waals surface area (Å²) in [6, 6.07) is 15.0. The second-order valence-corrected chi connectivity index (χ2v) is 5.50. The molecule has 3 aromatic rings. The first kappa shape index (κ1) is 15.8. The average Bonchev–Trinajstić information content (AvgIpc) is 2.60. The van der Waals surface area contributed by atoms with Crippen molar-refractivity contribution in [1.29, 1.82) is 0 Å². The van der Waals surface area contributed by atoms with Crippen LogP contribution in [0.25, 0.3) is 11.0 Å². The first-order valence-corrected chi connectivity index (χ1v) is 7.72. The fraction of sp³-hybridized carbons (Fsp3) is 0.158. The Bertz CT molecular complexity index is 913. The van der Waals surface area contributed by atoms with Gasteiger partial charge in [0.15, 0.2) is 11.2 Å². The highest BCUT2D eigenvalue weighted by atomic mass is 16.3. The fourth-order valence-electron chi connectivity index (χ4n) is 2.46. The van der Waals surface area contributed by atoms with Crippen LogP contribution in [-0.4, -0.2) is 17.6 Å². The van der Waals surface area contributed by atoms with Crippen LogP contribution in [0.5, 0.6) is 5.75 Å². The van der Waals surface area contributed by atoms with Gasteiger partial charge in [0.1, 0.15) is 11.3 Å². The number of rotatable bonds is 5. The Morgan fingerprint density at radius 2 is 1.83 bits per heavy atom. The molecule has 122 valence electrons. The van der Waals surface area contributed by atoms with Crippen molar-refractivity contribution in [3.05, 3.63) is 76.1 Å². The molecule has 2 N–H and O–H groups in total. The van der Waals surface area contributed by atoms with Gasteiger partial charge in [0.25, 0.3) is 5.91 Å². The molecule has 0 aliphatic carbocycles. The van der Waals surface area contributed by atoms with E-state index in [0.29, 0.717) is 17.5 Å². The maximum Gasteiger partial charge on any atom is 0.287 e. The van der Waals surface area contributed by atoms with E-state index in [-0.39, 0.29) is 16.9 Å². The molecule has 1 amide bonds. The van der Waals surface area contributed by atoms with Gasteiger partial charge in [-0.05, 0) is 42.7 Å². The van der Waals surface area contributed by atoms with Gasteiger partial charge in [-0.1, -0.05) is 24.3 Å². The average molecular weight is 323 g/mol. The van der Waals surface area contributed by atoms with E-state index >= 15 is 0 Å². The van der Waals surface area contributed by atoms with E-state index in [1.807, 2.05) is 12.1 Å². The second kappa shape index (κ2) is 7.00. The van der Waals surface area contributed by atoms with Gasteiger partial charge in [0.2, 0.25) is 0 Å². The minimum Gasteiger partial charge on any atom is -0.508 e. The molecule has 0 radical (unpaired) electrons. The Balaban J connectivity index is 1.59. The van der Waals surface area contributed by atoms with Crippen LogP contribution in [0, 0.1) is 0 Å². The number of aryl methyl sites for hydroxylation is 1. The van der Waals surface area contributed by atoms with Crippen LogP contribution in [0.2, 0.25) is 0 Å². The van der Waals surface area contributed by atoms with Gasteiger partial charge in [0.05, 0.1) is 5.39 Å². The van der Waals surface area contributed by atoms with E-state index in [2.05, 4.69) is 5.32 Å². The van der Waals surface area contributed by atoms with Crippen molar-refractivity contribution in [3.63, 3.8) is 0 Å². The molecule has 24 heavy (non-hydrogen) atoms. The molecule has 1 aromatic heterocycles. The second-order valence-electron chi connectivity index (χ2n) is 5.50. The first-order valence-electron chi connectivity index (χ1n) is 7.72. The van der Waals surface area contributed by atoms with Gasteiger partial charge in [-0.2, -0.15) is 0 Å². The zero-order valence-corrected chi connectivity index (χ0v) is 13.0. The number of amides is 1. The van der Waals surface area contributed by atoms with Gasteiger partial charge < -0.3 is 14.8 Å². The van der Waals surface area contributed by atoms with Crippen LogP contribution < -0.4 is 10.7 Å². The smallest absolute Gasteiger partial charge is 0.287 e. The topological polar surface area (TPSA) is 79.5 Å². The number of fused-ring (bicyclic) bond motifs is 1. The summed E-state index contributed by atoms with van der Waals surface area (Å²) in [6.07, 6.45) is 1.52. The molecule has 0 saturated carbocycles. The number of para-hydroxylation sites is 1. The van der Waals surface area contributed by atoms with E-state index in [4.69, 9.17) is 4.42 Å². The number of aromatic hydroxyl groups is 1. The van der Waals surface area contributed by atoms with Crippen molar-refractivity contribution in [2.75, 3.05) is 6.54 Å². The number of benzene rings is 2. The lowest BCUT2D eigenvalue weighted by Gasteiger charge is -2.06. The van der Waals surface area contributed by atoms with Crippen molar-refractivity contribution in [2.45, 2.75) is 12.8 Å². The molecule has 0 atom stereocenters. The minimum atomic E-state index is -0.399. The molecule has 1 heterocycles. The van der Waals surface area contributed by atoms with Gasteiger partial charge in [-0.3, -0.25) is 9.59 Å². The predicted molar refractivity (Wildman–Crippen MR) is 91.2 cm³/mol. The summed E-state index contributed by atoms with van der Waals surface area (Å²) >= 11 is 0. The number of hydrogen-bond donors (Lipinski definition) is 2. The lowest BCUT2D eigenvalue weighted by Crippen LogP contribution is -2.25. The van der Waals surface area contributed by atoms with Gasteiger partial charge >= 0.3 is 0 Å². The Morgan fingerprint density at radius 3 is 2.62 bits per heavy atom. The molecule has 3 rings (SSSR count). The van der Waals surface area contributed by atoms with Crippen LogP contribution in [0.15, 0.2) is 63.8 Å². The maximum absolute atomic E-state index is 12.1. The van der Waals surface area contributed by atoms with E-state index < -0.39 is 5.91 Å². The first-order chi connectivity index (χ1) is 11.6. The Kier molecular flexibility index (Phi) is 4.61. The maximum atomic E-state index is 12.1. The molecule has 5 heteroatoms. The third kappa shape index (κ3) is 3.63. The van der Waals surface area contributed by atoms with Crippen LogP contribution in [0.1, 0.15) is 22.5 Å². The number of hydrogen-bond acceptors (Lipinski definition) is 4. The van der Waals surface area contributed by atoms with E-state index in [1.54, 1.807) is 36.4 Å². The third-order valence-corrected chi connectivity index (χ3v) is 3.72. The Hall–Kier alpha value is -3.08. The van der Waals surface area contributed by atoms with Gasteiger partial charge in [0, 0.05) is 12.6 Å². The van der Waals surface area contributed by atoms with Gasteiger partial charge in [-0.25, -0.2) is 0 Å². The monoisotopic (exact) mass is 323 g/mol. The molecule has 0 saturated heterocycles. The SMILES string of the molecule is O=C(NCCCc1ccc(O)cc1)c1cc(=O)c2ccccc2o1. The van der Waals surface area contributed by atoms with Crippen LogP contribution in [-0.2, 0) is 6.42 Å². The Labute approximate surface area is 138 Å². The molecule has 0 fully saturated rings. The fourth-order valence-corrected chi connectivity index (χ4v) is 2.46. The van der Waals surface area contributed by atoms with Crippen molar-refractivity contribution in [2.24, 2.45) is 0 Å². The molecule has 5 nitrogen and oxygen atoms in total. The molecular formula is C19H17NO4. The number of carbonyl (C=O) groups is 1. The van der Waals surface area contributed by atoms with E-state index in [0.717, 1.165) is 18.4 Å². The summed E-state index contributed by atoms with van der Waals surface area (Å²) in [4.78, 5) is 24.1. The standard InChI is InChI=1S/C19H17NO4/c21-14-9-7-13(8-10-14)4-3-11-20-19(23)18-12-16(22)15-5-1-2-6-17(15)24-18/h1-2,5-10,12,21H,3-4,11H2,(H,20,23). The molecular weight excluding hydrogens is 306 g/mol. The zero-order chi connectivity index (χ0) is 16.9. The lowest BCUT2D eigenvalue weighted by molar-refractivity contribution is 0.0926. The highest BCUT2D eigenvalue weighted by Crippen LogP contribution is 2.12. The zero-order valence-electron chi connectivity index (χ0n) is 13.0. The lowest BCUT2D eigenvalue weighted by atomic mass is 10.1. The number of carbonyl (C=O) groups excluding carboxylic acids is 1. The molecule has 0 spiro atoms. The highest BCUT2D eigenvalue weighted by molar-refractivity contribution is 5.93. The quantitative estimate of drug-likeness (QED) is 0.708. The summed E-state index contributed by atoms with van der Waals surface area (Å²) in [7, 11) is 0. The number of nitrogens with one attached hydrogen (secondary N) is 1.